The Kier molecular flexibility index (Phi) is 7.62. The van der Waals surface area contributed by atoms with E-state index >= 15 is 0 Å². The van der Waals surface area contributed by atoms with E-state index in [2.05, 4.69) is 54.8 Å². The van der Waals surface area contributed by atoms with Crippen LogP contribution in [-0.4, -0.2) is 44.7 Å². The maximum atomic E-state index is 5.47. The highest BCUT2D eigenvalue weighted by molar-refractivity contribution is 7.99. The number of hydrogen-bond acceptors (Lipinski definition) is 7. The minimum absolute atomic E-state index is 0.489. The van der Waals surface area contributed by atoms with E-state index in [0.717, 1.165) is 43.3 Å². The number of benzene rings is 1. The number of nitrogens with zero attached hydrogens (tertiary/aromatic N) is 5. The Hall–Kier alpha value is -2.78. The molecule has 4 rings (SSSR count). The zero-order valence-electron chi connectivity index (χ0n) is 17.2. The van der Waals surface area contributed by atoms with Crippen LogP contribution in [0.4, 0.5) is 11.8 Å². The normalized spacial score (nSPS) is 13.2. The van der Waals surface area contributed by atoms with Crippen LogP contribution in [0.15, 0.2) is 65.0 Å². The second-order valence-electron chi connectivity index (χ2n) is 7.19. The molecule has 9 heteroatoms. The Bertz CT molecular complexity index is 980. The van der Waals surface area contributed by atoms with Crippen molar-refractivity contribution >= 4 is 40.9 Å². The van der Waals surface area contributed by atoms with Crippen molar-refractivity contribution in [2.45, 2.75) is 35.9 Å². The molecule has 0 unspecified atom stereocenters. The molecular formula is C22H25N7S2. The molecular weight excluding hydrogens is 426 g/mol. The van der Waals surface area contributed by atoms with Crippen molar-refractivity contribution in [3.63, 3.8) is 0 Å². The monoisotopic (exact) mass is 451 g/mol. The molecule has 0 amide bonds. The van der Waals surface area contributed by atoms with Crippen molar-refractivity contribution < 1.29 is 0 Å². The zero-order chi connectivity index (χ0) is 21.3. The van der Waals surface area contributed by atoms with E-state index in [1.807, 2.05) is 12.1 Å². The van der Waals surface area contributed by atoms with Crippen LogP contribution < -0.4 is 15.5 Å². The summed E-state index contributed by atoms with van der Waals surface area (Å²) in [5, 5.41) is 8.37. The van der Waals surface area contributed by atoms with E-state index in [1.165, 1.54) is 30.2 Å². The van der Waals surface area contributed by atoms with Gasteiger partial charge in [0.15, 0.2) is 10.3 Å². The van der Waals surface area contributed by atoms with Crippen molar-refractivity contribution in [2.75, 3.05) is 29.9 Å². The minimum atomic E-state index is 0.489. The quantitative estimate of drug-likeness (QED) is 0.229. The third-order valence-corrected chi connectivity index (χ3v) is 5.91. The van der Waals surface area contributed by atoms with Crippen LogP contribution in [0, 0.1) is 0 Å². The van der Waals surface area contributed by atoms with Gasteiger partial charge in [0.25, 0.3) is 0 Å². The first-order valence-electron chi connectivity index (χ1n) is 10.4. The third-order valence-electron chi connectivity index (χ3n) is 4.85. The standard InChI is InChI=1S/C22H25N7S2/c30-21(23-11-6-10-17-8-2-1-3-9-17)28-20-26-18(29-14-4-5-15-29)16-19(27-20)31-22-24-12-7-13-25-22/h1-3,7-9,12-13,16H,4-6,10-11,14-15H2,(H2,23,26,27,28,30). The van der Waals surface area contributed by atoms with Gasteiger partial charge in [0.05, 0.1) is 0 Å². The maximum Gasteiger partial charge on any atom is 0.232 e. The molecule has 1 aliphatic heterocycles. The fourth-order valence-corrected chi connectivity index (χ4v) is 4.25. The van der Waals surface area contributed by atoms with E-state index in [1.54, 1.807) is 18.5 Å². The number of aromatic nitrogens is 4. The van der Waals surface area contributed by atoms with Crippen molar-refractivity contribution in [3.8, 4) is 0 Å². The summed E-state index contributed by atoms with van der Waals surface area (Å²) in [5.74, 6) is 1.39. The predicted octanol–water partition coefficient (Wildman–Crippen LogP) is 3.94. The van der Waals surface area contributed by atoms with Crippen molar-refractivity contribution in [2.24, 2.45) is 0 Å². The molecule has 31 heavy (non-hydrogen) atoms. The lowest BCUT2D eigenvalue weighted by Crippen LogP contribution is -2.30. The van der Waals surface area contributed by atoms with Gasteiger partial charge in [-0.25, -0.2) is 15.0 Å². The lowest BCUT2D eigenvalue weighted by Gasteiger charge is -2.18. The van der Waals surface area contributed by atoms with Crippen molar-refractivity contribution in [1.82, 2.24) is 25.3 Å². The van der Waals surface area contributed by atoms with Crippen LogP contribution in [0.3, 0.4) is 0 Å². The summed E-state index contributed by atoms with van der Waals surface area (Å²) in [7, 11) is 0. The highest BCUT2D eigenvalue weighted by Crippen LogP contribution is 2.28. The van der Waals surface area contributed by atoms with Crippen LogP contribution in [0.5, 0.6) is 0 Å². The molecule has 0 radical (unpaired) electrons. The molecule has 7 nitrogen and oxygen atoms in total. The summed E-state index contributed by atoms with van der Waals surface area (Å²) in [5.41, 5.74) is 1.33. The smallest absolute Gasteiger partial charge is 0.232 e. The SMILES string of the molecule is S=C(NCCCc1ccccc1)Nc1nc(Sc2ncccn2)cc(N2CCCC2)n1. The number of nitrogens with one attached hydrogen (secondary N) is 2. The van der Waals surface area contributed by atoms with Crippen LogP contribution in [-0.2, 0) is 6.42 Å². The molecule has 2 N–H and O–H groups in total. The number of hydrogen-bond donors (Lipinski definition) is 2. The molecule has 0 atom stereocenters. The first-order chi connectivity index (χ1) is 15.3. The average Bonchev–Trinajstić information content (AvgIpc) is 3.33. The molecule has 1 aliphatic rings. The minimum Gasteiger partial charge on any atom is -0.362 e. The Morgan fingerprint density at radius 2 is 1.81 bits per heavy atom. The molecule has 1 aromatic carbocycles. The van der Waals surface area contributed by atoms with Crippen molar-refractivity contribution in [3.05, 3.63) is 60.4 Å². The van der Waals surface area contributed by atoms with Gasteiger partial charge in [-0.3, -0.25) is 0 Å². The summed E-state index contributed by atoms with van der Waals surface area (Å²) in [6, 6.07) is 14.2. The van der Waals surface area contributed by atoms with Gasteiger partial charge >= 0.3 is 0 Å². The van der Waals surface area contributed by atoms with E-state index < -0.39 is 0 Å². The zero-order valence-corrected chi connectivity index (χ0v) is 18.8. The third kappa shape index (κ3) is 6.60. The summed E-state index contributed by atoms with van der Waals surface area (Å²) >= 11 is 6.89. The summed E-state index contributed by atoms with van der Waals surface area (Å²) in [6.45, 7) is 2.79. The van der Waals surface area contributed by atoms with Crippen molar-refractivity contribution in [1.29, 1.82) is 0 Å². The first kappa shape index (κ1) is 21.5. The molecule has 0 aliphatic carbocycles. The van der Waals surface area contributed by atoms with E-state index in [9.17, 15) is 0 Å². The molecule has 160 valence electrons. The first-order valence-corrected chi connectivity index (χ1v) is 11.7. The van der Waals surface area contributed by atoms with Crippen LogP contribution in [0.2, 0.25) is 0 Å². The summed E-state index contributed by atoms with van der Waals surface area (Å²) < 4.78 is 0. The highest BCUT2D eigenvalue weighted by Gasteiger charge is 2.17. The molecule has 1 saturated heterocycles. The number of anilines is 2. The summed E-state index contributed by atoms with van der Waals surface area (Å²) in [4.78, 5) is 20.2. The molecule has 3 aromatic rings. The van der Waals surface area contributed by atoms with E-state index in [4.69, 9.17) is 17.2 Å². The molecule has 3 heterocycles. The molecule has 1 fully saturated rings. The molecule has 0 bridgehead atoms. The Balaban J connectivity index is 1.38. The number of thiocarbonyl (C=S) groups is 1. The van der Waals surface area contributed by atoms with Gasteiger partial charge in [-0.1, -0.05) is 30.3 Å². The van der Waals surface area contributed by atoms with Gasteiger partial charge in [-0.05, 0) is 61.3 Å². The topological polar surface area (TPSA) is 78.9 Å². The fraction of sp³-hybridized carbons (Fsp3) is 0.318. The predicted molar refractivity (Wildman–Crippen MR) is 129 cm³/mol. The highest BCUT2D eigenvalue weighted by atomic mass is 32.2. The second kappa shape index (κ2) is 11.0. The van der Waals surface area contributed by atoms with Gasteiger partial charge in [-0.15, -0.1) is 0 Å². The van der Waals surface area contributed by atoms with Gasteiger partial charge in [0, 0.05) is 38.1 Å². The molecule has 0 saturated carbocycles. The second-order valence-corrected chi connectivity index (χ2v) is 8.58. The number of aryl methyl sites for hydroxylation is 1. The average molecular weight is 452 g/mol. The van der Waals surface area contributed by atoms with Gasteiger partial charge in [0.2, 0.25) is 5.95 Å². The van der Waals surface area contributed by atoms with E-state index in [0.29, 0.717) is 16.2 Å². The fourth-order valence-electron chi connectivity index (χ4n) is 3.35. The Labute approximate surface area is 192 Å². The van der Waals surface area contributed by atoms with Crippen LogP contribution in [0.25, 0.3) is 0 Å². The maximum absolute atomic E-state index is 5.47. The lowest BCUT2D eigenvalue weighted by molar-refractivity contribution is 0.777. The summed E-state index contributed by atoms with van der Waals surface area (Å²) in [6.07, 6.45) is 7.82. The van der Waals surface area contributed by atoms with Gasteiger partial charge in [-0.2, -0.15) is 4.98 Å². The van der Waals surface area contributed by atoms with Crippen LogP contribution in [0.1, 0.15) is 24.8 Å². The Morgan fingerprint density at radius 1 is 1.03 bits per heavy atom. The number of rotatable bonds is 8. The Morgan fingerprint density at radius 3 is 2.58 bits per heavy atom. The van der Waals surface area contributed by atoms with Crippen LogP contribution >= 0.6 is 24.0 Å². The lowest BCUT2D eigenvalue weighted by atomic mass is 10.1. The molecule has 2 aromatic heterocycles. The van der Waals surface area contributed by atoms with E-state index in [-0.39, 0.29) is 0 Å². The van der Waals surface area contributed by atoms with Gasteiger partial charge in [0.1, 0.15) is 10.8 Å². The molecule has 0 spiro atoms. The largest absolute Gasteiger partial charge is 0.362 e. The van der Waals surface area contributed by atoms with Gasteiger partial charge < -0.3 is 15.5 Å².